The Balaban J connectivity index is 1.82. The van der Waals surface area contributed by atoms with Crippen molar-refractivity contribution in [3.63, 3.8) is 0 Å². The minimum atomic E-state index is -0.804. The molecule has 2 N–H and O–H groups in total. The summed E-state index contributed by atoms with van der Waals surface area (Å²) in [5.74, 6) is -0.0728. The van der Waals surface area contributed by atoms with Gasteiger partial charge in [0.05, 0.1) is 11.4 Å². The molecule has 27 heavy (non-hydrogen) atoms. The molecule has 0 unspecified atom stereocenters. The first-order valence-electron chi connectivity index (χ1n) is 9.17. The molecule has 0 atom stereocenters. The predicted molar refractivity (Wildman–Crippen MR) is 110 cm³/mol. The van der Waals surface area contributed by atoms with Crippen molar-refractivity contribution in [3.05, 3.63) is 70.3 Å². The molecule has 0 amide bonds. The van der Waals surface area contributed by atoms with Crippen LogP contribution in [0.3, 0.4) is 0 Å². The number of nitrogens with one attached hydrogen (secondary N) is 1. The summed E-state index contributed by atoms with van der Waals surface area (Å²) >= 11 is 6.32. The Labute approximate surface area is 165 Å². The highest BCUT2D eigenvalue weighted by Crippen LogP contribution is 2.24. The lowest BCUT2D eigenvalue weighted by Crippen LogP contribution is -2.17. The van der Waals surface area contributed by atoms with Gasteiger partial charge in [-0.1, -0.05) is 61.4 Å². The Hall–Kier alpha value is -2.30. The van der Waals surface area contributed by atoms with E-state index in [2.05, 4.69) is 36.5 Å². The maximum Gasteiger partial charge on any atom is 0.304 e. The van der Waals surface area contributed by atoms with Crippen molar-refractivity contribution in [2.75, 3.05) is 13.1 Å². The third-order valence-electron chi connectivity index (χ3n) is 4.01. The van der Waals surface area contributed by atoms with Gasteiger partial charge in [-0.3, -0.25) is 4.79 Å². The molecule has 0 aliphatic carbocycles. The van der Waals surface area contributed by atoms with Crippen LogP contribution in [0.2, 0.25) is 5.02 Å². The molecule has 0 aliphatic rings. The maximum atomic E-state index is 10.4. The fourth-order valence-electron chi connectivity index (χ4n) is 2.56. The van der Waals surface area contributed by atoms with Crippen LogP contribution in [0.1, 0.15) is 36.5 Å². The van der Waals surface area contributed by atoms with Crippen LogP contribution in [0, 0.1) is 0 Å². The van der Waals surface area contributed by atoms with Crippen LogP contribution in [0.15, 0.2) is 48.5 Å². The van der Waals surface area contributed by atoms with E-state index < -0.39 is 5.97 Å². The van der Waals surface area contributed by atoms with Crippen LogP contribution in [-0.2, 0) is 17.8 Å². The van der Waals surface area contributed by atoms with Gasteiger partial charge in [-0.25, -0.2) is 0 Å². The van der Waals surface area contributed by atoms with Crippen molar-refractivity contribution in [2.24, 2.45) is 0 Å². The van der Waals surface area contributed by atoms with Crippen molar-refractivity contribution in [1.82, 2.24) is 5.32 Å². The normalized spacial score (nSPS) is 11.0. The van der Waals surface area contributed by atoms with Gasteiger partial charge in [-0.2, -0.15) is 0 Å². The van der Waals surface area contributed by atoms with E-state index in [4.69, 9.17) is 21.4 Å². The number of rotatable bonds is 11. The van der Waals surface area contributed by atoms with Crippen molar-refractivity contribution in [3.8, 4) is 5.75 Å². The van der Waals surface area contributed by atoms with Gasteiger partial charge in [0, 0.05) is 13.1 Å². The van der Waals surface area contributed by atoms with Crippen molar-refractivity contribution in [1.29, 1.82) is 0 Å². The van der Waals surface area contributed by atoms with Gasteiger partial charge in [-0.15, -0.1) is 0 Å². The molecule has 0 aliphatic heterocycles. The zero-order chi connectivity index (χ0) is 19.5. The van der Waals surface area contributed by atoms with Crippen molar-refractivity contribution in [2.45, 2.75) is 32.8 Å². The first-order chi connectivity index (χ1) is 13.1. The quantitative estimate of drug-likeness (QED) is 0.535. The number of carboxylic acids is 1. The highest BCUT2D eigenvalue weighted by Gasteiger charge is 2.02. The highest BCUT2D eigenvalue weighted by molar-refractivity contribution is 6.32. The van der Waals surface area contributed by atoms with E-state index in [1.807, 2.05) is 30.4 Å². The van der Waals surface area contributed by atoms with Crippen LogP contribution < -0.4 is 10.1 Å². The van der Waals surface area contributed by atoms with Crippen LogP contribution in [-0.4, -0.2) is 24.2 Å². The zero-order valence-corrected chi connectivity index (χ0v) is 16.3. The second-order valence-electron chi connectivity index (χ2n) is 6.29. The second kappa shape index (κ2) is 11.4. The minimum Gasteiger partial charge on any atom is -0.489 e. The summed E-state index contributed by atoms with van der Waals surface area (Å²) in [6, 6.07) is 14.1. The Morgan fingerprint density at radius 2 is 1.93 bits per heavy atom. The molecular formula is C22H26ClNO3. The Kier molecular flexibility index (Phi) is 8.89. The Morgan fingerprint density at radius 1 is 1.19 bits per heavy atom. The Morgan fingerprint density at radius 3 is 2.59 bits per heavy atom. The topological polar surface area (TPSA) is 58.6 Å². The number of ether oxygens (including phenoxy) is 1. The standard InChI is InChI=1S/C22H26ClNO3/c1-2-4-17-6-8-18(9-7-17)16-27-20-11-10-19(21(23)15-20)5-3-13-24-14-12-22(25)26/h3,5-11,15,24H,2,4,12-14,16H2,1H3,(H,25,26). The van der Waals surface area contributed by atoms with E-state index in [0.717, 1.165) is 29.7 Å². The third kappa shape index (κ3) is 7.85. The monoisotopic (exact) mass is 387 g/mol. The van der Waals surface area contributed by atoms with Crippen LogP contribution in [0.25, 0.3) is 6.08 Å². The van der Waals surface area contributed by atoms with E-state index in [1.54, 1.807) is 0 Å². The lowest BCUT2D eigenvalue weighted by atomic mass is 10.1. The summed E-state index contributed by atoms with van der Waals surface area (Å²) in [7, 11) is 0. The highest BCUT2D eigenvalue weighted by atomic mass is 35.5. The van der Waals surface area contributed by atoms with Crippen LogP contribution in [0.4, 0.5) is 0 Å². The molecule has 0 spiro atoms. The summed E-state index contributed by atoms with van der Waals surface area (Å²) in [6.45, 7) is 3.72. The number of aryl methyl sites for hydroxylation is 1. The number of carbonyl (C=O) groups is 1. The molecule has 4 nitrogen and oxygen atoms in total. The van der Waals surface area contributed by atoms with Gasteiger partial charge < -0.3 is 15.2 Å². The van der Waals surface area contributed by atoms with E-state index in [0.29, 0.717) is 24.7 Å². The first-order valence-corrected chi connectivity index (χ1v) is 9.55. The number of benzene rings is 2. The molecule has 2 rings (SSSR count). The summed E-state index contributed by atoms with van der Waals surface area (Å²) in [5, 5.41) is 12.2. The van der Waals surface area contributed by atoms with E-state index in [-0.39, 0.29) is 6.42 Å². The SMILES string of the molecule is CCCc1ccc(COc2ccc(C=CCNCCC(=O)O)c(Cl)c2)cc1. The molecule has 2 aromatic carbocycles. The molecule has 0 bridgehead atoms. The van der Waals surface area contributed by atoms with Gasteiger partial charge in [0.2, 0.25) is 0 Å². The smallest absolute Gasteiger partial charge is 0.304 e. The molecule has 0 saturated carbocycles. The number of carboxylic acid groups (broad SMARTS) is 1. The van der Waals surface area contributed by atoms with Gasteiger partial charge in [0.1, 0.15) is 12.4 Å². The van der Waals surface area contributed by atoms with Gasteiger partial charge in [-0.05, 0) is 41.3 Å². The number of hydrogen-bond donors (Lipinski definition) is 2. The Bertz CT molecular complexity index is 757. The van der Waals surface area contributed by atoms with Gasteiger partial charge in [0.15, 0.2) is 0 Å². The molecule has 0 heterocycles. The largest absolute Gasteiger partial charge is 0.489 e. The number of halogens is 1. The lowest BCUT2D eigenvalue weighted by Gasteiger charge is -2.09. The van der Waals surface area contributed by atoms with Gasteiger partial charge >= 0.3 is 5.97 Å². The molecular weight excluding hydrogens is 362 g/mol. The molecule has 0 saturated heterocycles. The van der Waals surface area contributed by atoms with E-state index in [9.17, 15) is 4.79 Å². The number of aliphatic carboxylic acids is 1. The zero-order valence-electron chi connectivity index (χ0n) is 15.6. The van der Waals surface area contributed by atoms with Crippen LogP contribution in [0.5, 0.6) is 5.75 Å². The second-order valence-corrected chi connectivity index (χ2v) is 6.70. The average molecular weight is 388 g/mol. The molecule has 144 valence electrons. The van der Waals surface area contributed by atoms with Crippen LogP contribution >= 0.6 is 11.6 Å². The average Bonchev–Trinajstić information content (AvgIpc) is 2.65. The fourth-order valence-corrected chi connectivity index (χ4v) is 2.79. The molecule has 0 aromatic heterocycles. The van der Waals surface area contributed by atoms with E-state index in [1.165, 1.54) is 5.56 Å². The van der Waals surface area contributed by atoms with E-state index >= 15 is 0 Å². The number of hydrogen-bond acceptors (Lipinski definition) is 3. The molecule has 2 aromatic rings. The summed E-state index contributed by atoms with van der Waals surface area (Å²) in [5.41, 5.74) is 3.37. The molecule has 0 fully saturated rings. The van der Waals surface area contributed by atoms with Gasteiger partial charge in [0.25, 0.3) is 0 Å². The summed E-state index contributed by atoms with van der Waals surface area (Å²) < 4.78 is 5.83. The lowest BCUT2D eigenvalue weighted by molar-refractivity contribution is -0.136. The fraction of sp³-hybridized carbons (Fsp3) is 0.318. The maximum absolute atomic E-state index is 10.4. The predicted octanol–water partition coefficient (Wildman–Crippen LogP) is 4.95. The summed E-state index contributed by atoms with van der Waals surface area (Å²) in [4.78, 5) is 10.4. The van der Waals surface area contributed by atoms with Crippen molar-refractivity contribution >= 4 is 23.6 Å². The third-order valence-corrected chi connectivity index (χ3v) is 4.34. The minimum absolute atomic E-state index is 0.113. The van der Waals surface area contributed by atoms with Crippen molar-refractivity contribution < 1.29 is 14.6 Å². The first kappa shape index (κ1) is 21.0. The molecule has 5 heteroatoms. The summed E-state index contributed by atoms with van der Waals surface area (Å²) in [6.07, 6.45) is 6.18. The molecule has 0 radical (unpaired) electrons.